The molecule has 2 unspecified atom stereocenters. The highest BCUT2D eigenvalue weighted by molar-refractivity contribution is 8.14. The molecule has 0 amide bonds. The number of hydrogen-bond acceptors (Lipinski definition) is 6. The van der Waals surface area contributed by atoms with Crippen LogP contribution < -0.4 is 10.1 Å². The van der Waals surface area contributed by atoms with Gasteiger partial charge in [-0.05, 0) is 12.5 Å². The average molecular weight is 311 g/mol. The number of ether oxygens (including phenoxy) is 2. The van der Waals surface area contributed by atoms with E-state index in [9.17, 15) is 9.90 Å². The molecule has 1 aromatic rings. The first-order chi connectivity index (χ1) is 10.2. The number of nitrogens with one attached hydrogen (secondary N) is 1. The van der Waals surface area contributed by atoms with Crippen LogP contribution in [0.4, 0.5) is 0 Å². The van der Waals surface area contributed by atoms with Crippen molar-refractivity contribution in [3.63, 3.8) is 0 Å². The van der Waals surface area contributed by atoms with Crippen molar-refractivity contribution in [3.8, 4) is 5.75 Å². The monoisotopic (exact) mass is 311 g/mol. The zero-order chi connectivity index (χ0) is 15.1. The summed E-state index contributed by atoms with van der Waals surface area (Å²) in [5, 5.41) is 13.1. The maximum atomic E-state index is 11.4. The molecular weight excluding hydrogens is 290 g/mol. The molecule has 0 bridgehead atoms. The molecule has 1 aromatic carbocycles. The third-order valence-corrected chi connectivity index (χ3v) is 4.30. The van der Waals surface area contributed by atoms with Gasteiger partial charge in [0, 0.05) is 17.9 Å². The van der Waals surface area contributed by atoms with Crippen molar-refractivity contribution >= 4 is 16.9 Å². The Morgan fingerprint density at radius 2 is 2.29 bits per heavy atom. The van der Waals surface area contributed by atoms with Crippen LogP contribution in [0.5, 0.6) is 5.75 Å². The van der Waals surface area contributed by atoms with Crippen molar-refractivity contribution in [2.24, 2.45) is 0 Å². The van der Waals surface area contributed by atoms with Crippen molar-refractivity contribution in [3.05, 3.63) is 29.8 Å². The van der Waals surface area contributed by atoms with Gasteiger partial charge in [-0.2, -0.15) is 0 Å². The molecule has 116 valence electrons. The van der Waals surface area contributed by atoms with Crippen LogP contribution in [0, 0.1) is 0 Å². The van der Waals surface area contributed by atoms with Crippen molar-refractivity contribution in [1.82, 2.24) is 5.32 Å². The third kappa shape index (κ3) is 5.00. The van der Waals surface area contributed by atoms with E-state index in [-0.39, 0.29) is 17.8 Å². The number of benzene rings is 1. The number of methoxy groups -OCH3 is 1. The number of para-hydroxylation sites is 1. The standard InChI is InChI=1S/C15H21NO4S/c1-19-14-5-3-2-4-11(14)9-20-10-12(17)8-16-13-6-7-21-15(13)18/h2-5,12-13,16-17H,6-10H2,1H3. The van der Waals surface area contributed by atoms with E-state index in [4.69, 9.17) is 9.47 Å². The fraction of sp³-hybridized carbons (Fsp3) is 0.533. The van der Waals surface area contributed by atoms with Crippen LogP contribution >= 0.6 is 11.8 Å². The summed E-state index contributed by atoms with van der Waals surface area (Å²) in [6.07, 6.45) is 0.205. The van der Waals surface area contributed by atoms with Gasteiger partial charge in [-0.15, -0.1) is 0 Å². The molecule has 1 aliphatic rings. The molecule has 1 fully saturated rings. The number of rotatable bonds is 8. The molecule has 6 heteroatoms. The maximum absolute atomic E-state index is 11.4. The van der Waals surface area contributed by atoms with Crippen molar-refractivity contribution in [1.29, 1.82) is 0 Å². The molecule has 2 atom stereocenters. The predicted octanol–water partition coefficient (Wildman–Crippen LogP) is 1.19. The summed E-state index contributed by atoms with van der Waals surface area (Å²) < 4.78 is 10.7. The molecular formula is C15H21NO4S. The van der Waals surface area contributed by atoms with Crippen LogP contribution in [0.3, 0.4) is 0 Å². The minimum atomic E-state index is -0.627. The van der Waals surface area contributed by atoms with Gasteiger partial charge in [-0.25, -0.2) is 0 Å². The Kier molecular flexibility index (Phi) is 6.50. The highest BCUT2D eigenvalue weighted by Gasteiger charge is 2.25. The molecule has 0 aliphatic carbocycles. The van der Waals surface area contributed by atoms with E-state index in [0.29, 0.717) is 13.2 Å². The van der Waals surface area contributed by atoms with Gasteiger partial charge >= 0.3 is 0 Å². The molecule has 0 spiro atoms. The largest absolute Gasteiger partial charge is 0.496 e. The third-order valence-electron chi connectivity index (χ3n) is 3.30. The second-order valence-corrected chi connectivity index (χ2v) is 6.00. The van der Waals surface area contributed by atoms with E-state index in [2.05, 4.69) is 5.32 Å². The van der Waals surface area contributed by atoms with Gasteiger partial charge in [-0.3, -0.25) is 4.79 Å². The summed E-state index contributed by atoms with van der Waals surface area (Å²) in [5.41, 5.74) is 0.947. The second-order valence-electron chi connectivity index (χ2n) is 4.90. The van der Waals surface area contributed by atoms with E-state index in [1.54, 1.807) is 7.11 Å². The second kappa shape index (κ2) is 8.38. The lowest BCUT2D eigenvalue weighted by molar-refractivity contribution is -0.112. The predicted molar refractivity (Wildman–Crippen MR) is 82.5 cm³/mol. The van der Waals surface area contributed by atoms with Gasteiger partial charge in [0.15, 0.2) is 0 Å². The summed E-state index contributed by atoms with van der Waals surface area (Å²) in [5.74, 6) is 1.63. The fourth-order valence-corrected chi connectivity index (χ4v) is 3.10. The van der Waals surface area contributed by atoms with Gasteiger partial charge in [0.1, 0.15) is 5.75 Å². The van der Waals surface area contributed by atoms with Crippen LogP contribution in [-0.2, 0) is 16.1 Å². The Balaban J connectivity index is 1.67. The maximum Gasteiger partial charge on any atom is 0.205 e. The summed E-state index contributed by atoms with van der Waals surface area (Å²) in [6, 6.07) is 7.50. The van der Waals surface area contributed by atoms with Gasteiger partial charge in [0.05, 0.1) is 32.5 Å². The Morgan fingerprint density at radius 3 is 3.00 bits per heavy atom. The first-order valence-corrected chi connectivity index (χ1v) is 7.97. The lowest BCUT2D eigenvalue weighted by Crippen LogP contribution is -2.39. The molecule has 1 aliphatic heterocycles. The molecule has 1 heterocycles. The van der Waals surface area contributed by atoms with Crippen molar-refractivity contribution in [2.45, 2.75) is 25.2 Å². The van der Waals surface area contributed by atoms with Crippen molar-refractivity contribution in [2.75, 3.05) is 26.0 Å². The molecule has 0 aromatic heterocycles. The molecule has 2 N–H and O–H groups in total. The van der Waals surface area contributed by atoms with E-state index < -0.39 is 6.10 Å². The number of aliphatic hydroxyl groups excluding tert-OH is 1. The minimum Gasteiger partial charge on any atom is -0.496 e. The highest BCUT2D eigenvalue weighted by Crippen LogP contribution is 2.19. The number of aliphatic hydroxyl groups is 1. The van der Waals surface area contributed by atoms with E-state index in [0.717, 1.165) is 23.5 Å². The number of carbonyl (C=O) groups excluding carboxylic acids is 1. The molecule has 1 saturated heterocycles. The van der Waals surface area contributed by atoms with Crippen LogP contribution in [0.1, 0.15) is 12.0 Å². The first kappa shape index (κ1) is 16.3. The number of hydrogen-bond donors (Lipinski definition) is 2. The summed E-state index contributed by atoms with van der Waals surface area (Å²) >= 11 is 1.35. The Labute approximate surface area is 129 Å². The van der Waals surface area contributed by atoms with Gasteiger partial charge in [0.25, 0.3) is 0 Å². The van der Waals surface area contributed by atoms with Crippen LogP contribution in [0.2, 0.25) is 0 Å². The number of thioether (sulfide) groups is 1. The molecule has 21 heavy (non-hydrogen) atoms. The molecule has 2 rings (SSSR count). The van der Waals surface area contributed by atoms with Crippen LogP contribution in [0.25, 0.3) is 0 Å². The fourth-order valence-electron chi connectivity index (χ4n) is 2.15. The average Bonchev–Trinajstić information content (AvgIpc) is 2.91. The van der Waals surface area contributed by atoms with Gasteiger partial charge in [0.2, 0.25) is 5.12 Å². The Morgan fingerprint density at radius 1 is 1.48 bits per heavy atom. The van der Waals surface area contributed by atoms with Gasteiger partial charge < -0.3 is 19.9 Å². The van der Waals surface area contributed by atoms with Crippen LogP contribution in [0.15, 0.2) is 24.3 Å². The Hall–Kier alpha value is -1.08. The number of carbonyl (C=O) groups is 1. The summed E-state index contributed by atoms with van der Waals surface area (Å²) in [7, 11) is 1.62. The Bertz CT molecular complexity index is 469. The lowest BCUT2D eigenvalue weighted by atomic mass is 10.2. The molecule has 0 saturated carbocycles. The molecule has 0 radical (unpaired) electrons. The summed E-state index contributed by atoms with van der Waals surface area (Å²) in [4.78, 5) is 11.4. The zero-order valence-corrected chi connectivity index (χ0v) is 12.9. The zero-order valence-electron chi connectivity index (χ0n) is 12.1. The normalized spacial score (nSPS) is 19.7. The lowest BCUT2D eigenvalue weighted by Gasteiger charge is -2.15. The minimum absolute atomic E-state index is 0.126. The van der Waals surface area contributed by atoms with E-state index >= 15 is 0 Å². The van der Waals surface area contributed by atoms with Gasteiger partial charge in [-0.1, -0.05) is 30.0 Å². The van der Waals surface area contributed by atoms with E-state index in [1.165, 1.54) is 11.8 Å². The topological polar surface area (TPSA) is 67.8 Å². The van der Waals surface area contributed by atoms with E-state index in [1.807, 2.05) is 24.3 Å². The first-order valence-electron chi connectivity index (χ1n) is 6.98. The smallest absolute Gasteiger partial charge is 0.205 e. The quantitative estimate of drug-likeness (QED) is 0.752. The SMILES string of the molecule is COc1ccccc1COCC(O)CNC1CCSC1=O. The summed E-state index contributed by atoms with van der Waals surface area (Å²) in [6.45, 7) is 0.973. The molecule has 5 nitrogen and oxygen atoms in total. The highest BCUT2D eigenvalue weighted by atomic mass is 32.2. The van der Waals surface area contributed by atoms with Crippen LogP contribution in [-0.4, -0.2) is 48.4 Å². The van der Waals surface area contributed by atoms with Crippen molar-refractivity contribution < 1.29 is 19.4 Å².